The van der Waals surface area contributed by atoms with Gasteiger partial charge >= 0.3 is 11.9 Å². The van der Waals surface area contributed by atoms with Gasteiger partial charge < -0.3 is 29.2 Å². The lowest BCUT2D eigenvalue weighted by Crippen LogP contribution is -2.27. The lowest BCUT2D eigenvalue weighted by atomic mass is 10.0. The van der Waals surface area contributed by atoms with Gasteiger partial charge in [0, 0.05) is 25.0 Å². The topological polar surface area (TPSA) is 112 Å². The van der Waals surface area contributed by atoms with E-state index in [0.717, 1.165) is 46.6 Å². The number of carbonyl (C=O) groups excluding carboxylic acids is 2. The van der Waals surface area contributed by atoms with Gasteiger partial charge in [-0.2, -0.15) is 0 Å². The molecule has 0 aliphatic heterocycles. The van der Waals surface area contributed by atoms with Crippen molar-refractivity contribution in [3.8, 4) is 11.5 Å². The zero-order valence-corrected chi connectivity index (χ0v) is 23.9. The van der Waals surface area contributed by atoms with Crippen molar-refractivity contribution in [3.63, 3.8) is 0 Å². The molecule has 40 heavy (non-hydrogen) atoms. The minimum absolute atomic E-state index is 0.0899. The molecule has 0 aliphatic rings. The number of aryl methyl sites for hydroxylation is 2. The number of rotatable bonds is 17. The van der Waals surface area contributed by atoms with Gasteiger partial charge in [-0.15, -0.1) is 0 Å². The molecule has 2 rings (SSSR count). The van der Waals surface area contributed by atoms with Gasteiger partial charge in [-0.3, -0.25) is 0 Å². The minimum atomic E-state index is -0.822. The van der Waals surface area contributed by atoms with E-state index in [1.165, 1.54) is 0 Å². The number of aliphatic hydroxyl groups is 2. The van der Waals surface area contributed by atoms with Gasteiger partial charge in [0.1, 0.15) is 36.9 Å². The van der Waals surface area contributed by atoms with Crippen LogP contribution in [0.5, 0.6) is 11.5 Å². The van der Waals surface area contributed by atoms with E-state index in [1.807, 2.05) is 45.0 Å². The molecule has 0 amide bonds. The molecule has 8 heteroatoms. The van der Waals surface area contributed by atoms with Gasteiger partial charge in [0.15, 0.2) is 0 Å². The zero-order valence-electron chi connectivity index (χ0n) is 23.9. The molecule has 0 radical (unpaired) electrons. The highest BCUT2D eigenvalue weighted by Gasteiger charge is 2.18. The van der Waals surface area contributed by atoms with Crippen LogP contribution in [0.2, 0.25) is 0 Å². The van der Waals surface area contributed by atoms with Crippen LogP contribution in [-0.2, 0) is 25.5 Å². The van der Waals surface area contributed by atoms with E-state index in [9.17, 15) is 19.8 Å². The van der Waals surface area contributed by atoms with E-state index >= 15 is 0 Å². The molecule has 0 heterocycles. The van der Waals surface area contributed by atoms with Gasteiger partial charge in [0.25, 0.3) is 0 Å². The predicted octanol–water partition coefficient (Wildman–Crippen LogP) is 4.78. The van der Waals surface area contributed by atoms with Gasteiger partial charge in [-0.25, -0.2) is 9.59 Å². The van der Waals surface area contributed by atoms with Crippen LogP contribution >= 0.6 is 0 Å². The molecule has 0 saturated heterocycles. The van der Waals surface area contributed by atoms with E-state index in [0.29, 0.717) is 18.6 Å². The molecule has 2 aromatic carbocycles. The summed E-state index contributed by atoms with van der Waals surface area (Å²) < 4.78 is 21.9. The van der Waals surface area contributed by atoms with Crippen molar-refractivity contribution in [2.24, 2.45) is 0 Å². The molecular weight excluding hydrogens is 512 g/mol. The second-order valence-corrected chi connectivity index (χ2v) is 9.90. The monoisotopic (exact) mass is 554 g/mol. The largest absolute Gasteiger partial charge is 0.491 e. The van der Waals surface area contributed by atoms with Crippen molar-refractivity contribution < 1.29 is 38.7 Å². The fourth-order valence-corrected chi connectivity index (χ4v) is 4.19. The van der Waals surface area contributed by atoms with Crippen LogP contribution < -0.4 is 9.47 Å². The Morgan fingerprint density at radius 3 is 2.00 bits per heavy atom. The molecule has 2 aromatic rings. The van der Waals surface area contributed by atoms with Gasteiger partial charge in [0.05, 0.1) is 12.2 Å². The number of ether oxygens (including phenoxy) is 4. The number of hydrogen-bond donors (Lipinski definition) is 2. The zero-order chi connectivity index (χ0) is 29.7. The second kappa shape index (κ2) is 16.5. The summed E-state index contributed by atoms with van der Waals surface area (Å²) in [5.41, 5.74) is 4.19. The van der Waals surface area contributed by atoms with Crippen molar-refractivity contribution in [1.29, 1.82) is 0 Å². The number of aliphatic hydroxyl groups excluding tert-OH is 2. The van der Waals surface area contributed by atoms with E-state index in [4.69, 9.17) is 18.9 Å². The van der Waals surface area contributed by atoms with Crippen LogP contribution in [0.15, 0.2) is 61.7 Å². The molecule has 2 N–H and O–H groups in total. The van der Waals surface area contributed by atoms with Crippen LogP contribution in [0.1, 0.15) is 55.4 Å². The molecule has 0 spiro atoms. The summed E-state index contributed by atoms with van der Waals surface area (Å²) in [7, 11) is 0. The minimum Gasteiger partial charge on any atom is -0.491 e. The van der Waals surface area contributed by atoms with Crippen molar-refractivity contribution in [2.45, 2.75) is 77.8 Å². The maximum Gasteiger partial charge on any atom is 0.330 e. The van der Waals surface area contributed by atoms with Crippen LogP contribution in [0, 0.1) is 13.8 Å². The first kappa shape index (κ1) is 32.6. The highest BCUT2D eigenvalue weighted by atomic mass is 16.5. The summed E-state index contributed by atoms with van der Waals surface area (Å²) in [5.74, 6) is 0.351. The molecule has 0 fully saturated rings. The van der Waals surface area contributed by atoms with Crippen LogP contribution in [0.3, 0.4) is 0 Å². The molecule has 4 unspecified atom stereocenters. The van der Waals surface area contributed by atoms with E-state index in [-0.39, 0.29) is 25.7 Å². The predicted molar refractivity (Wildman–Crippen MR) is 154 cm³/mol. The van der Waals surface area contributed by atoms with Crippen LogP contribution in [0.4, 0.5) is 0 Å². The Labute approximate surface area is 237 Å². The summed E-state index contributed by atoms with van der Waals surface area (Å²) in [6.07, 6.45) is 1.92. The lowest BCUT2D eigenvalue weighted by molar-refractivity contribution is -0.143. The van der Waals surface area contributed by atoms with Crippen molar-refractivity contribution in [2.75, 3.05) is 13.2 Å². The van der Waals surface area contributed by atoms with Gasteiger partial charge in [-0.1, -0.05) is 44.3 Å². The Kier molecular flexibility index (Phi) is 13.4. The fourth-order valence-electron chi connectivity index (χ4n) is 4.19. The molecule has 0 saturated carbocycles. The first-order valence-electron chi connectivity index (χ1n) is 13.5. The third-order valence-corrected chi connectivity index (χ3v) is 6.27. The summed E-state index contributed by atoms with van der Waals surface area (Å²) in [6, 6.07) is 12.0. The maximum atomic E-state index is 11.3. The van der Waals surface area contributed by atoms with E-state index in [2.05, 4.69) is 25.3 Å². The maximum absolute atomic E-state index is 11.3. The first-order chi connectivity index (χ1) is 19.0. The first-order valence-corrected chi connectivity index (χ1v) is 13.5. The molecule has 4 atom stereocenters. The smallest absolute Gasteiger partial charge is 0.330 e. The molecular formula is C32H42O8. The third-order valence-electron chi connectivity index (χ3n) is 6.27. The van der Waals surface area contributed by atoms with Crippen molar-refractivity contribution in [3.05, 3.63) is 84.0 Å². The molecule has 0 aliphatic carbocycles. The van der Waals surface area contributed by atoms with E-state index in [1.54, 1.807) is 6.92 Å². The average Bonchev–Trinajstić information content (AvgIpc) is 2.91. The van der Waals surface area contributed by atoms with Gasteiger partial charge in [-0.05, 0) is 68.0 Å². The molecule has 218 valence electrons. The van der Waals surface area contributed by atoms with Crippen molar-refractivity contribution in [1.82, 2.24) is 0 Å². The number of carbonyl (C=O) groups is 2. The number of esters is 2. The quantitative estimate of drug-likeness (QED) is 0.212. The third kappa shape index (κ3) is 11.2. The Hall–Kier alpha value is -3.62. The lowest BCUT2D eigenvalue weighted by Gasteiger charge is -2.22. The summed E-state index contributed by atoms with van der Waals surface area (Å²) >= 11 is 0. The normalized spacial score (nSPS) is 13.8. The standard InChI is InChI=1S/C32H42O8/c1-7-28(18-27(34)20-38-31(35)8-2)40-30-13-11-25(15-22(30)5)17-24-10-12-29(21(4)14-24)37-19-26(33)16-23(6)39-32(36)9-3/h8-15,23,26-28,33-34H,2-3,7,16-20H2,1,4-6H3. The molecule has 8 nitrogen and oxygen atoms in total. The Balaban J connectivity index is 1.91. The van der Waals surface area contributed by atoms with Crippen LogP contribution in [-0.4, -0.2) is 59.8 Å². The summed E-state index contributed by atoms with van der Waals surface area (Å²) in [5, 5.41) is 20.4. The molecule has 0 aromatic heterocycles. The van der Waals surface area contributed by atoms with Crippen LogP contribution in [0.25, 0.3) is 0 Å². The van der Waals surface area contributed by atoms with Gasteiger partial charge in [0.2, 0.25) is 0 Å². The number of hydrogen-bond acceptors (Lipinski definition) is 8. The summed E-state index contributed by atoms with van der Waals surface area (Å²) in [6.45, 7) is 14.3. The second-order valence-electron chi connectivity index (χ2n) is 9.90. The molecule has 0 bridgehead atoms. The highest BCUT2D eigenvalue weighted by molar-refractivity contribution is 5.81. The van der Waals surface area contributed by atoms with Crippen molar-refractivity contribution >= 4 is 11.9 Å². The average molecular weight is 555 g/mol. The highest BCUT2D eigenvalue weighted by Crippen LogP contribution is 2.26. The Bertz CT molecular complexity index is 1140. The summed E-state index contributed by atoms with van der Waals surface area (Å²) in [4.78, 5) is 22.5. The number of benzene rings is 2. The fraction of sp³-hybridized carbons (Fsp3) is 0.438. The Morgan fingerprint density at radius 1 is 0.875 bits per heavy atom. The Morgan fingerprint density at radius 2 is 1.45 bits per heavy atom. The SMILES string of the molecule is C=CC(=O)OCC(O)CC(CC)Oc1ccc(Cc2ccc(OCC(O)CC(C)OC(=O)C=C)c(C)c2)cc1C. The van der Waals surface area contributed by atoms with E-state index < -0.39 is 30.3 Å².